The Morgan fingerprint density at radius 3 is 2.56 bits per heavy atom. The first kappa shape index (κ1) is 19.8. The summed E-state index contributed by atoms with van der Waals surface area (Å²) in [6, 6.07) is 3.05. The Balaban J connectivity index is 1.61. The van der Waals surface area contributed by atoms with Crippen molar-refractivity contribution in [1.29, 1.82) is 0 Å². The number of halogens is 4. The summed E-state index contributed by atoms with van der Waals surface area (Å²) in [7, 11) is 0. The molecule has 4 nitrogen and oxygen atoms in total. The van der Waals surface area contributed by atoms with Gasteiger partial charge in [0.25, 0.3) is 0 Å². The normalized spacial score (nSPS) is 22.7. The molecule has 0 amide bonds. The van der Waals surface area contributed by atoms with Crippen molar-refractivity contribution in [3.8, 4) is 5.75 Å². The van der Waals surface area contributed by atoms with Gasteiger partial charge in [0.05, 0.1) is 23.7 Å². The summed E-state index contributed by atoms with van der Waals surface area (Å²) in [6.45, 7) is 5.04. The van der Waals surface area contributed by atoms with Gasteiger partial charge in [0.2, 0.25) is 0 Å². The van der Waals surface area contributed by atoms with Crippen LogP contribution in [0.25, 0.3) is 0 Å². The van der Waals surface area contributed by atoms with Gasteiger partial charge in [0.1, 0.15) is 11.6 Å². The maximum atomic E-state index is 14.2. The van der Waals surface area contributed by atoms with Crippen LogP contribution in [-0.4, -0.2) is 36.8 Å². The molecule has 1 atom stereocenters. The number of rotatable bonds is 4. The minimum Gasteiger partial charge on any atom is -0.513 e. The Bertz CT molecular complexity index is 674. The Labute approximate surface area is 155 Å². The molecule has 0 aromatic heterocycles. The summed E-state index contributed by atoms with van der Waals surface area (Å²) < 4.78 is 61.3. The molecule has 3 rings (SSSR count). The van der Waals surface area contributed by atoms with Crippen LogP contribution >= 0.6 is 0 Å². The molecule has 1 aromatic carbocycles. The summed E-state index contributed by atoms with van der Waals surface area (Å²) >= 11 is 0. The fourth-order valence-corrected chi connectivity index (χ4v) is 3.89. The topological polar surface area (TPSA) is 41.9 Å². The van der Waals surface area contributed by atoms with E-state index in [0.717, 1.165) is 31.0 Å². The number of aliphatic hydroxyl groups excluding tert-OH is 1. The van der Waals surface area contributed by atoms with Gasteiger partial charge in [0, 0.05) is 25.6 Å². The smallest absolute Gasteiger partial charge is 0.513 e. The van der Waals surface area contributed by atoms with Gasteiger partial charge in [-0.25, -0.2) is 4.39 Å². The summed E-state index contributed by atoms with van der Waals surface area (Å²) in [5.41, 5.74) is -0.169. The molecular weight excluding hydrogens is 366 g/mol. The molecule has 1 aromatic rings. The molecule has 0 saturated carbocycles. The first-order chi connectivity index (χ1) is 12.7. The van der Waals surface area contributed by atoms with Crippen LogP contribution in [0.1, 0.15) is 32.1 Å². The van der Waals surface area contributed by atoms with E-state index in [0.29, 0.717) is 39.0 Å². The Morgan fingerprint density at radius 2 is 2.00 bits per heavy atom. The Hall–Kier alpha value is -1.96. The number of alkyl halides is 3. The van der Waals surface area contributed by atoms with Gasteiger partial charge in [-0.15, -0.1) is 13.2 Å². The van der Waals surface area contributed by atoms with Gasteiger partial charge in [-0.3, -0.25) is 0 Å². The SMILES string of the molecule is C=C(O)C[C@H]1CCC2(CCN(c3cc(OC(F)(F)F)ccc3F)CC2)OC1. The Kier molecular flexibility index (Phi) is 5.55. The number of piperidine rings is 1. The van der Waals surface area contributed by atoms with Gasteiger partial charge in [-0.05, 0) is 43.7 Å². The molecule has 27 heavy (non-hydrogen) atoms. The minimum atomic E-state index is -4.81. The van der Waals surface area contributed by atoms with Crippen LogP contribution in [0.5, 0.6) is 5.75 Å². The van der Waals surface area contributed by atoms with E-state index in [1.54, 1.807) is 4.90 Å². The van der Waals surface area contributed by atoms with E-state index in [9.17, 15) is 22.7 Å². The minimum absolute atomic E-state index is 0.108. The van der Waals surface area contributed by atoms with E-state index < -0.39 is 17.9 Å². The largest absolute Gasteiger partial charge is 0.573 e. The molecule has 0 aliphatic carbocycles. The average Bonchev–Trinajstić information content (AvgIpc) is 2.58. The third-order valence-electron chi connectivity index (χ3n) is 5.32. The van der Waals surface area contributed by atoms with E-state index in [4.69, 9.17) is 4.74 Å². The lowest BCUT2D eigenvalue weighted by Gasteiger charge is -2.46. The van der Waals surface area contributed by atoms with E-state index in [1.165, 1.54) is 0 Å². The number of hydrogen-bond donors (Lipinski definition) is 1. The van der Waals surface area contributed by atoms with Crippen LogP contribution in [0, 0.1) is 11.7 Å². The number of allylic oxidation sites excluding steroid dienone is 1. The first-order valence-corrected chi connectivity index (χ1v) is 8.97. The zero-order valence-corrected chi connectivity index (χ0v) is 14.9. The van der Waals surface area contributed by atoms with Gasteiger partial charge < -0.3 is 19.5 Å². The van der Waals surface area contributed by atoms with Crippen LogP contribution < -0.4 is 9.64 Å². The second-order valence-electron chi connectivity index (χ2n) is 7.32. The average molecular weight is 389 g/mol. The van der Waals surface area contributed by atoms with Crippen molar-refractivity contribution in [2.24, 2.45) is 5.92 Å². The molecule has 8 heteroatoms. The highest BCUT2D eigenvalue weighted by Gasteiger charge is 2.40. The number of hydrogen-bond acceptors (Lipinski definition) is 4. The summed E-state index contributed by atoms with van der Waals surface area (Å²) in [5, 5.41) is 9.31. The maximum Gasteiger partial charge on any atom is 0.573 e. The van der Waals surface area contributed by atoms with Crippen molar-refractivity contribution in [2.75, 3.05) is 24.6 Å². The molecule has 2 fully saturated rings. The zero-order valence-electron chi connectivity index (χ0n) is 14.9. The molecule has 150 valence electrons. The predicted octanol–water partition coefficient (Wildman–Crippen LogP) is 4.95. The number of aliphatic hydroxyl groups is 1. The first-order valence-electron chi connectivity index (χ1n) is 8.97. The van der Waals surface area contributed by atoms with E-state index in [-0.39, 0.29) is 23.0 Å². The monoisotopic (exact) mass is 389 g/mol. The molecule has 2 aliphatic rings. The predicted molar refractivity (Wildman–Crippen MR) is 92.3 cm³/mol. The van der Waals surface area contributed by atoms with Crippen LogP contribution in [0.3, 0.4) is 0 Å². The fraction of sp³-hybridized carbons (Fsp3) is 0.579. The third-order valence-corrected chi connectivity index (χ3v) is 5.32. The second kappa shape index (κ2) is 7.58. The molecule has 2 aliphatic heterocycles. The van der Waals surface area contributed by atoms with Crippen LogP contribution in [-0.2, 0) is 4.74 Å². The molecular formula is C19H23F4NO3. The Morgan fingerprint density at radius 1 is 1.30 bits per heavy atom. The summed E-state index contributed by atoms with van der Waals surface area (Å²) in [5.74, 6) is -0.600. The highest BCUT2D eigenvalue weighted by Crippen LogP contribution is 2.40. The molecule has 0 unspecified atom stereocenters. The van der Waals surface area contributed by atoms with Gasteiger partial charge in [-0.1, -0.05) is 6.58 Å². The van der Waals surface area contributed by atoms with Crippen LogP contribution in [0.4, 0.5) is 23.2 Å². The summed E-state index contributed by atoms with van der Waals surface area (Å²) in [6.07, 6.45) is -1.18. The van der Waals surface area contributed by atoms with Crippen molar-refractivity contribution in [3.63, 3.8) is 0 Å². The van der Waals surface area contributed by atoms with Gasteiger partial charge in [0.15, 0.2) is 0 Å². The standard InChI is InChI=1S/C19H23F4NO3/c1-13(25)10-14-4-5-18(26-12-14)6-8-24(9-7-18)17-11-15(2-3-16(17)20)27-19(21,22)23/h2-3,11,14,25H,1,4-10,12H2/t14-/m1/s1. The molecule has 1 spiro atoms. The van der Waals surface area contributed by atoms with Crippen molar-refractivity contribution in [3.05, 3.63) is 36.4 Å². The quantitative estimate of drug-likeness (QED) is 0.584. The number of ether oxygens (including phenoxy) is 2. The fourth-order valence-electron chi connectivity index (χ4n) is 3.89. The zero-order chi connectivity index (χ0) is 19.7. The van der Waals surface area contributed by atoms with Crippen molar-refractivity contribution in [2.45, 2.75) is 44.1 Å². The van der Waals surface area contributed by atoms with E-state index >= 15 is 0 Å². The highest BCUT2D eigenvalue weighted by atomic mass is 19.4. The maximum absolute atomic E-state index is 14.2. The summed E-state index contributed by atoms with van der Waals surface area (Å²) in [4.78, 5) is 1.73. The van der Waals surface area contributed by atoms with Crippen molar-refractivity contribution in [1.82, 2.24) is 0 Å². The van der Waals surface area contributed by atoms with Crippen LogP contribution in [0.2, 0.25) is 0 Å². The number of benzene rings is 1. The van der Waals surface area contributed by atoms with Gasteiger partial charge >= 0.3 is 6.36 Å². The van der Waals surface area contributed by atoms with E-state index in [1.807, 2.05) is 0 Å². The third kappa shape index (κ3) is 5.06. The second-order valence-corrected chi connectivity index (χ2v) is 7.32. The molecule has 0 bridgehead atoms. The molecule has 2 saturated heterocycles. The lowest BCUT2D eigenvalue weighted by atomic mass is 9.81. The lowest BCUT2D eigenvalue weighted by Crippen LogP contribution is -2.49. The van der Waals surface area contributed by atoms with E-state index in [2.05, 4.69) is 11.3 Å². The molecule has 0 radical (unpaired) electrons. The van der Waals surface area contributed by atoms with Gasteiger partial charge in [-0.2, -0.15) is 0 Å². The van der Waals surface area contributed by atoms with Crippen molar-refractivity contribution < 1.29 is 32.1 Å². The number of nitrogens with zero attached hydrogens (tertiary/aromatic N) is 1. The molecule has 2 heterocycles. The van der Waals surface area contributed by atoms with Crippen molar-refractivity contribution >= 4 is 5.69 Å². The number of anilines is 1. The van der Waals surface area contributed by atoms with Crippen LogP contribution in [0.15, 0.2) is 30.5 Å². The molecule has 1 N–H and O–H groups in total. The highest BCUT2D eigenvalue weighted by molar-refractivity contribution is 5.52. The lowest BCUT2D eigenvalue weighted by molar-refractivity contribution is -0.274.